The molecule has 1 aliphatic heterocycles. The number of fused-ring (bicyclic) bond motifs is 1. The molecule has 0 radical (unpaired) electrons. The first-order chi connectivity index (χ1) is 12.8. The van der Waals surface area contributed by atoms with Gasteiger partial charge >= 0.3 is 6.18 Å². The van der Waals surface area contributed by atoms with Crippen molar-refractivity contribution >= 4 is 22.6 Å². The van der Waals surface area contributed by atoms with Crippen molar-refractivity contribution in [3.05, 3.63) is 53.1 Å². The minimum absolute atomic E-state index is 0.0435. The van der Waals surface area contributed by atoms with E-state index in [-0.39, 0.29) is 28.8 Å². The summed E-state index contributed by atoms with van der Waals surface area (Å²) in [5.74, 6) is -0.488. The van der Waals surface area contributed by atoms with Crippen LogP contribution in [0.5, 0.6) is 0 Å². The van der Waals surface area contributed by atoms with E-state index in [4.69, 9.17) is 11.6 Å². The summed E-state index contributed by atoms with van der Waals surface area (Å²) in [7, 11) is 0. The Morgan fingerprint density at radius 3 is 2.48 bits per heavy atom. The van der Waals surface area contributed by atoms with Gasteiger partial charge in [-0.1, -0.05) is 23.7 Å². The SMILES string of the molecule is Fc1c[nH]c2nccc(-c3ccc(C4(C(F)(F)F)CCNCC4)cc3Cl)c12. The molecule has 0 saturated carbocycles. The fourth-order valence-electron chi connectivity index (χ4n) is 3.86. The number of nitrogens with one attached hydrogen (secondary N) is 2. The first kappa shape index (κ1) is 18.3. The van der Waals surface area contributed by atoms with Crippen molar-refractivity contribution in [3.63, 3.8) is 0 Å². The standard InChI is InChI=1S/C19H16ClF4N3/c20-14-9-11(18(19(22,23)24)4-7-25-8-5-18)1-2-12(14)13-3-6-26-17-16(13)15(21)10-27-17/h1-3,6,9-10,25H,4-5,7-8H2,(H,26,27). The largest absolute Gasteiger partial charge is 0.398 e. The van der Waals surface area contributed by atoms with Crippen LogP contribution in [-0.2, 0) is 5.41 Å². The molecule has 1 aromatic carbocycles. The lowest BCUT2D eigenvalue weighted by atomic mass is 9.72. The number of piperidine rings is 1. The number of pyridine rings is 1. The zero-order valence-electron chi connectivity index (χ0n) is 14.1. The Bertz CT molecular complexity index is 990. The smallest absolute Gasteiger partial charge is 0.343 e. The minimum atomic E-state index is -4.38. The molecular weight excluding hydrogens is 382 g/mol. The van der Waals surface area contributed by atoms with Crippen molar-refractivity contribution in [3.8, 4) is 11.1 Å². The quantitative estimate of drug-likeness (QED) is 0.583. The molecule has 1 saturated heterocycles. The molecule has 2 N–H and O–H groups in total. The maximum absolute atomic E-state index is 14.1. The highest BCUT2D eigenvalue weighted by atomic mass is 35.5. The van der Waals surface area contributed by atoms with Gasteiger partial charge in [0.05, 0.1) is 10.8 Å². The number of alkyl halides is 3. The third kappa shape index (κ3) is 2.89. The van der Waals surface area contributed by atoms with E-state index in [1.54, 1.807) is 6.07 Å². The van der Waals surface area contributed by atoms with Gasteiger partial charge in [-0.25, -0.2) is 9.37 Å². The lowest BCUT2D eigenvalue weighted by molar-refractivity contribution is -0.197. The second kappa shape index (κ2) is 6.49. The van der Waals surface area contributed by atoms with Gasteiger partial charge in [-0.15, -0.1) is 0 Å². The topological polar surface area (TPSA) is 40.7 Å². The second-order valence-electron chi connectivity index (χ2n) is 6.74. The van der Waals surface area contributed by atoms with Gasteiger partial charge in [-0.05, 0) is 49.2 Å². The number of halogens is 5. The number of benzene rings is 1. The van der Waals surface area contributed by atoms with Crippen molar-refractivity contribution in [2.24, 2.45) is 0 Å². The highest BCUT2D eigenvalue weighted by molar-refractivity contribution is 6.33. The molecule has 8 heteroatoms. The van der Waals surface area contributed by atoms with Crippen molar-refractivity contribution in [1.82, 2.24) is 15.3 Å². The highest BCUT2D eigenvalue weighted by Gasteiger charge is 2.55. The first-order valence-corrected chi connectivity index (χ1v) is 8.91. The van der Waals surface area contributed by atoms with Crippen LogP contribution in [0.1, 0.15) is 18.4 Å². The summed E-state index contributed by atoms with van der Waals surface area (Å²) in [5.41, 5.74) is -0.465. The lowest BCUT2D eigenvalue weighted by Gasteiger charge is -2.39. The van der Waals surface area contributed by atoms with Crippen LogP contribution < -0.4 is 5.32 Å². The van der Waals surface area contributed by atoms with Crippen LogP contribution in [0.2, 0.25) is 5.02 Å². The number of H-pyrrole nitrogens is 1. The molecule has 3 aromatic rings. The summed E-state index contributed by atoms with van der Waals surface area (Å²) in [6, 6.07) is 5.96. The molecule has 0 aliphatic carbocycles. The number of rotatable bonds is 2. The van der Waals surface area contributed by atoms with Gasteiger partial charge in [0.2, 0.25) is 0 Å². The molecule has 1 aliphatic rings. The summed E-state index contributed by atoms with van der Waals surface area (Å²) >= 11 is 6.38. The highest BCUT2D eigenvalue weighted by Crippen LogP contribution is 2.48. The third-order valence-electron chi connectivity index (χ3n) is 5.34. The van der Waals surface area contributed by atoms with Crippen molar-refractivity contribution < 1.29 is 17.6 Å². The zero-order chi connectivity index (χ0) is 19.2. The molecule has 0 spiro atoms. The average Bonchev–Trinajstić information content (AvgIpc) is 3.03. The summed E-state index contributed by atoms with van der Waals surface area (Å²) in [5, 5.41) is 3.39. The monoisotopic (exact) mass is 397 g/mol. The van der Waals surface area contributed by atoms with Gasteiger partial charge in [-0.2, -0.15) is 13.2 Å². The number of hydrogen-bond donors (Lipinski definition) is 2. The lowest BCUT2D eigenvalue weighted by Crippen LogP contribution is -2.49. The Morgan fingerprint density at radius 2 is 1.81 bits per heavy atom. The first-order valence-electron chi connectivity index (χ1n) is 8.53. The van der Waals surface area contributed by atoms with Gasteiger partial charge in [0.1, 0.15) is 5.65 Å². The van der Waals surface area contributed by atoms with Gasteiger partial charge in [0.15, 0.2) is 5.82 Å². The Hall–Kier alpha value is -2.12. The van der Waals surface area contributed by atoms with E-state index in [9.17, 15) is 17.6 Å². The molecule has 1 fully saturated rings. The fourth-order valence-corrected chi connectivity index (χ4v) is 4.14. The Morgan fingerprint density at radius 1 is 1.07 bits per heavy atom. The molecule has 4 rings (SSSR count). The normalized spacial score (nSPS) is 17.4. The van der Waals surface area contributed by atoms with Gasteiger partial charge in [0, 0.05) is 23.0 Å². The van der Waals surface area contributed by atoms with Crippen LogP contribution in [0.25, 0.3) is 22.2 Å². The zero-order valence-corrected chi connectivity index (χ0v) is 14.9. The van der Waals surface area contributed by atoms with Crippen LogP contribution in [-0.4, -0.2) is 29.2 Å². The molecule has 0 amide bonds. The molecule has 27 heavy (non-hydrogen) atoms. The summed E-state index contributed by atoms with van der Waals surface area (Å²) in [6.07, 6.45) is -1.77. The predicted molar refractivity (Wildman–Crippen MR) is 96.3 cm³/mol. The van der Waals surface area contributed by atoms with Crippen LogP contribution in [0.15, 0.2) is 36.7 Å². The molecule has 0 unspecified atom stereocenters. The maximum atomic E-state index is 14.1. The second-order valence-corrected chi connectivity index (χ2v) is 7.15. The van der Waals surface area contributed by atoms with Crippen molar-refractivity contribution in [2.45, 2.75) is 24.4 Å². The van der Waals surface area contributed by atoms with Crippen LogP contribution in [0.3, 0.4) is 0 Å². The number of nitrogens with zero attached hydrogens (tertiary/aromatic N) is 1. The van der Waals surface area contributed by atoms with E-state index in [0.29, 0.717) is 29.9 Å². The molecule has 142 valence electrons. The van der Waals surface area contributed by atoms with E-state index in [1.807, 2.05) is 0 Å². The van der Waals surface area contributed by atoms with E-state index in [0.717, 1.165) is 0 Å². The third-order valence-corrected chi connectivity index (χ3v) is 5.65. The molecule has 0 bridgehead atoms. The van der Waals surface area contributed by atoms with Gasteiger partial charge in [0.25, 0.3) is 0 Å². The van der Waals surface area contributed by atoms with E-state index in [1.165, 1.54) is 30.6 Å². The van der Waals surface area contributed by atoms with Crippen LogP contribution in [0, 0.1) is 5.82 Å². The Kier molecular flexibility index (Phi) is 4.39. The summed E-state index contributed by atoms with van der Waals surface area (Å²) in [4.78, 5) is 6.78. The molecule has 3 nitrogen and oxygen atoms in total. The van der Waals surface area contributed by atoms with Crippen LogP contribution in [0.4, 0.5) is 17.6 Å². The van der Waals surface area contributed by atoms with Gasteiger partial charge < -0.3 is 10.3 Å². The van der Waals surface area contributed by atoms with E-state index in [2.05, 4.69) is 15.3 Å². The minimum Gasteiger partial charge on any atom is -0.343 e. The number of hydrogen-bond acceptors (Lipinski definition) is 2. The molecular formula is C19H16ClF4N3. The number of aromatic nitrogens is 2. The molecule has 2 aromatic heterocycles. The van der Waals surface area contributed by atoms with E-state index >= 15 is 0 Å². The maximum Gasteiger partial charge on any atom is 0.398 e. The van der Waals surface area contributed by atoms with Gasteiger partial charge in [-0.3, -0.25) is 0 Å². The average molecular weight is 398 g/mol. The van der Waals surface area contributed by atoms with E-state index < -0.39 is 17.4 Å². The van der Waals surface area contributed by atoms with Crippen molar-refractivity contribution in [2.75, 3.05) is 13.1 Å². The number of aromatic amines is 1. The molecule has 3 heterocycles. The summed E-state index contributed by atoms with van der Waals surface area (Å²) < 4.78 is 55.9. The fraction of sp³-hybridized carbons (Fsp3) is 0.316. The van der Waals surface area contributed by atoms with Crippen molar-refractivity contribution in [1.29, 1.82) is 0 Å². The van der Waals surface area contributed by atoms with Crippen LogP contribution >= 0.6 is 11.6 Å². The Balaban J connectivity index is 1.84. The summed E-state index contributed by atoms with van der Waals surface area (Å²) in [6.45, 7) is 0.580. The predicted octanol–water partition coefficient (Wildman–Crippen LogP) is 5.21. The molecule has 0 atom stereocenters. The Labute approximate surface area is 157 Å².